The molecule has 128 valence electrons. The molecule has 0 spiro atoms. The molecular formula is C18H28N2O3. The molecule has 1 heterocycles. The average Bonchev–Trinajstić information content (AvgIpc) is 2.48. The second-order valence-electron chi connectivity index (χ2n) is 6.99. The van der Waals surface area contributed by atoms with Crippen molar-refractivity contribution in [2.24, 2.45) is 0 Å². The summed E-state index contributed by atoms with van der Waals surface area (Å²) < 4.78 is 10.8. The van der Waals surface area contributed by atoms with Gasteiger partial charge in [0, 0.05) is 33.3 Å². The lowest BCUT2D eigenvalue weighted by molar-refractivity contribution is -0.0108. The molecule has 23 heavy (non-hydrogen) atoms. The predicted molar refractivity (Wildman–Crippen MR) is 90.3 cm³/mol. The van der Waals surface area contributed by atoms with E-state index in [-0.39, 0.29) is 12.1 Å². The fourth-order valence-corrected chi connectivity index (χ4v) is 2.76. The number of amides is 1. The molecule has 1 atom stereocenters. The number of nitrogens with zero attached hydrogens (tertiary/aromatic N) is 2. The highest BCUT2D eigenvalue weighted by atomic mass is 16.6. The van der Waals surface area contributed by atoms with Crippen molar-refractivity contribution in [3.63, 3.8) is 0 Å². The first-order chi connectivity index (χ1) is 10.9. The molecular weight excluding hydrogens is 292 g/mol. The SMILES string of the molecule is COC[C@H]1CN(C(=O)OC(C)(C)C)CCN1Cc1ccccc1. The summed E-state index contributed by atoms with van der Waals surface area (Å²) in [5.74, 6) is 0. The third kappa shape index (κ3) is 5.52. The van der Waals surface area contributed by atoms with Gasteiger partial charge in [0.25, 0.3) is 0 Å². The summed E-state index contributed by atoms with van der Waals surface area (Å²) in [6.07, 6.45) is -0.238. The zero-order valence-corrected chi connectivity index (χ0v) is 14.6. The maximum atomic E-state index is 12.3. The van der Waals surface area contributed by atoms with E-state index in [4.69, 9.17) is 9.47 Å². The van der Waals surface area contributed by atoms with E-state index in [1.807, 2.05) is 26.8 Å². The van der Waals surface area contributed by atoms with Gasteiger partial charge in [0.05, 0.1) is 12.6 Å². The zero-order valence-electron chi connectivity index (χ0n) is 14.6. The summed E-state index contributed by atoms with van der Waals surface area (Å²) >= 11 is 0. The van der Waals surface area contributed by atoms with E-state index in [9.17, 15) is 4.79 Å². The molecule has 1 aromatic carbocycles. The average molecular weight is 320 g/mol. The Balaban J connectivity index is 1.98. The summed E-state index contributed by atoms with van der Waals surface area (Å²) in [6.45, 7) is 9.29. The van der Waals surface area contributed by atoms with Crippen LogP contribution in [0.1, 0.15) is 26.3 Å². The van der Waals surface area contributed by atoms with Crippen molar-refractivity contribution in [3.05, 3.63) is 35.9 Å². The molecule has 0 bridgehead atoms. The van der Waals surface area contributed by atoms with Crippen LogP contribution in [0, 0.1) is 0 Å². The minimum Gasteiger partial charge on any atom is -0.444 e. The van der Waals surface area contributed by atoms with Gasteiger partial charge >= 0.3 is 6.09 Å². The molecule has 1 aliphatic heterocycles. The molecule has 5 nitrogen and oxygen atoms in total. The molecule has 0 unspecified atom stereocenters. The summed E-state index contributed by atoms with van der Waals surface area (Å²) in [7, 11) is 1.70. The highest BCUT2D eigenvalue weighted by Crippen LogP contribution is 2.17. The molecule has 1 saturated heterocycles. The van der Waals surface area contributed by atoms with Gasteiger partial charge in [0.15, 0.2) is 0 Å². The molecule has 0 aromatic heterocycles. The van der Waals surface area contributed by atoms with Crippen LogP contribution < -0.4 is 0 Å². The van der Waals surface area contributed by atoms with Crippen LogP contribution in [0.5, 0.6) is 0 Å². The number of hydrogen-bond donors (Lipinski definition) is 0. The summed E-state index contributed by atoms with van der Waals surface area (Å²) in [6, 6.07) is 10.6. The first-order valence-corrected chi connectivity index (χ1v) is 8.14. The van der Waals surface area contributed by atoms with Crippen LogP contribution in [0.3, 0.4) is 0 Å². The second-order valence-corrected chi connectivity index (χ2v) is 6.99. The molecule has 1 aromatic rings. The van der Waals surface area contributed by atoms with Crippen molar-refractivity contribution < 1.29 is 14.3 Å². The van der Waals surface area contributed by atoms with Gasteiger partial charge in [-0.05, 0) is 26.3 Å². The van der Waals surface area contributed by atoms with Crippen LogP contribution in [0.2, 0.25) is 0 Å². The van der Waals surface area contributed by atoms with Crippen LogP contribution in [0.15, 0.2) is 30.3 Å². The monoisotopic (exact) mass is 320 g/mol. The molecule has 0 saturated carbocycles. The third-order valence-corrected chi connectivity index (χ3v) is 3.84. The summed E-state index contributed by atoms with van der Waals surface area (Å²) in [5, 5.41) is 0. The fourth-order valence-electron chi connectivity index (χ4n) is 2.76. The Morgan fingerprint density at radius 2 is 1.91 bits per heavy atom. The highest BCUT2D eigenvalue weighted by molar-refractivity contribution is 5.68. The molecule has 0 N–H and O–H groups in total. The Bertz CT molecular complexity index is 499. The minimum absolute atomic E-state index is 0.182. The van der Waals surface area contributed by atoms with E-state index >= 15 is 0 Å². The lowest BCUT2D eigenvalue weighted by atomic mass is 10.1. The number of piperazine rings is 1. The standard InChI is InChI=1S/C18H28N2O3/c1-18(2,3)23-17(21)20-11-10-19(16(13-20)14-22-4)12-15-8-6-5-7-9-15/h5-9,16H,10-14H2,1-4H3/t16-/m1/s1. The topological polar surface area (TPSA) is 42.0 Å². The molecule has 2 rings (SSSR count). The Morgan fingerprint density at radius 3 is 2.52 bits per heavy atom. The van der Waals surface area contributed by atoms with Gasteiger partial charge in [-0.15, -0.1) is 0 Å². The number of benzene rings is 1. The number of ether oxygens (including phenoxy) is 2. The quantitative estimate of drug-likeness (QED) is 0.855. The molecule has 0 radical (unpaired) electrons. The van der Waals surface area contributed by atoms with Gasteiger partial charge in [0.2, 0.25) is 0 Å². The van der Waals surface area contributed by atoms with E-state index < -0.39 is 5.60 Å². The zero-order chi connectivity index (χ0) is 16.9. The Morgan fingerprint density at radius 1 is 1.22 bits per heavy atom. The molecule has 5 heteroatoms. The lowest BCUT2D eigenvalue weighted by Gasteiger charge is -2.41. The van der Waals surface area contributed by atoms with Gasteiger partial charge < -0.3 is 14.4 Å². The van der Waals surface area contributed by atoms with E-state index in [1.165, 1.54) is 5.56 Å². The van der Waals surface area contributed by atoms with E-state index in [1.54, 1.807) is 12.0 Å². The van der Waals surface area contributed by atoms with Crippen molar-refractivity contribution in [1.82, 2.24) is 9.80 Å². The summed E-state index contributed by atoms with van der Waals surface area (Å²) in [5.41, 5.74) is 0.814. The number of rotatable bonds is 4. The summed E-state index contributed by atoms with van der Waals surface area (Å²) in [4.78, 5) is 16.4. The smallest absolute Gasteiger partial charge is 0.410 e. The number of hydrogen-bond acceptors (Lipinski definition) is 4. The van der Waals surface area contributed by atoms with Gasteiger partial charge in [-0.2, -0.15) is 0 Å². The molecule has 0 aliphatic carbocycles. The van der Waals surface area contributed by atoms with Gasteiger partial charge in [-0.25, -0.2) is 4.79 Å². The van der Waals surface area contributed by atoms with Crippen LogP contribution in [0.4, 0.5) is 4.79 Å². The van der Waals surface area contributed by atoms with Gasteiger partial charge in [-0.3, -0.25) is 4.90 Å². The van der Waals surface area contributed by atoms with Crippen molar-refractivity contribution in [2.75, 3.05) is 33.4 Å². The van der Waals surface area contributed by atoms with Crippen LogP contribution in [-0.4, -0.2) is 60.9 Å². The lowest BCUT2D eigenvalue weighted by Crippen LogP contribution is -2.56. The first kappa shape index (κ1) is 17.8. The number of carbonyl (C=O) groups is 1. The number of methoxy groups -OCH3 is 1. The van der Waals surface area contributed by atoms with E-state index in [2.05, 4.69) is 29.2 Å². The Kier molecular flexibility index (Phi) is 6.02. The molecule has 1 fully saturated rings. The maximum absolute atomic E-state index is 12.3. The van der Waals surface area contributed by atoms with Crippen molar-refractivity contribution >= 4 is 6.09 Å². The Labute approximate surface area is 139 Å². The van der Waals surface area contributed by atoms with Crippen molar-refractivity contribution in [3.8, 4) is 0 Å². The normalized spacial score (nSPS) is 19.7. The van der Waals surface area contributed by atoms with Crippen LogP contribution >= 0.6 is 0 Å². The first-order valence-electron chi connectivity index (χ1n) is 8.14. The van der Waals surface area contributed by atoms with E-state index in [0.29, 0.717) is 19.7 Å². The largest absolute Gasteiger partial charge is 0.444 e. The van der Waals surface area contributed by atoms with Crippen molar-refractivity contribution in [2.45, 2.75) is 39.0 Å². The minimum atomic E-state index is -0.463. The van der Waals surface area contributed by atoms with Crippen LogP contribution in [0.25, 0.3) is 0 Å². The second kappa shape index (κ2) is 7.79. The Hall–Kier alpha value is -1.59. The van der Waals surface area contributed by atoms with E-state index in [0.717, 1.165) is 13.1 Å². The third-order valence-electron chi connectivity index (χ3n) is 3.84. The molecule has 1 amide bonds. The predicted octanol–water partition coefficient (Wildman–Crippen LogP) is 2.75. The van der Waals surface area contributed by atoms with Crippen molar-refractivity contribution in [1.29, 1.82) is 0 Å². The van der Waals surface area contributed by atoms with Gasteiger partial charge in [-0.1, -0.05) is 30.3 Å². The number of carbonyl (C=O) groups excluding carboxylic acids is 1. The molecule has 1 aliphatic rings. The highest BCUT2D eigenvalue weighted by Gasteiger charge is 2.31. The fraction of sp³-hybridized carbons (Fsp3) is 0.611. The van der Waals surface area contributed by atoms with Crippen LogP contribution in [-0.2, 0) is 16.0 Å². The van der Waals surface area contributed by atoms with Gasteiger partial charge in [0.1, 0.15) is 5.60 Å². The maximum Gasteiger partial charge on any atom is 0.410 e.